The zero-order chi connectivity index (χ0) is 26.6. The molecule has 2 atom stereocenters. The third-order valence-electron chi connectivity index (χ3n) is 5.82. The maximum Gasteiger partial charge on any atom is 0.322 e. The van der Waals surface area contributed by atoms with E-state index in [0.717, 1.165) is 18.0 Å². The van der Waals surface area contributed by atoms with Crippen LogP contribution in [0.25, 0.3) is 0 Å². The van der Waals surface area contributed by atoms with Crippen LogP contribution in [0.4, 0.5) is 5.69 Å². The minimum Gasteiger partial charge on any atom is -0.515 e. The second-order valence-electron chi connectivity index (χ2n) is 8.26. The Kier molecular flexibility index (Phi) is 7.48. The van der Waals surface area contributed by atoms with E-state index in [0.29, 0.717) is 16.9 Å². The molecular formula is C25H22N2O9S. The van der Waals surface area contributed by atoms with Gasteiger partial charge in [-0.2, -0.15) is 0 Å². The highest BCUT2D eigenvalue weighted by molar-refractivity contribution is 8.04. The summed E-state index contributed by atoms with van der Waals surface area (Å²) in [6, 6.07) is 14.3. The van der Waals surface area contributed by atoms with E-state index in [1.54, 1.807) is 24.3 Å². The van der Waals surface area contributed by atoms with Crippen molar-refractivity contribution in [2.24, 2.45) is 5.41 Å². The van der Waals surface area contributed by atoms with E-state index in [1.807, 2.05) is 6.07 Å². The predicted octanol–water partition coefficient (Wildman–Crippen LogP) is 3.46. The third kappa shape index (κ3) is 5.28. The van der Waals surface area contributed by atoms with Crippen LogP contribution in [-0.2, 0) is 30.5 Å². The van der Waals surface area contributed by atoms with Crippen molar-refractivity contribution >= 4 is 35.3 Å². The summed E-state index contributed by atoms with van der Waals surface area (Å²) in [6.45, 7) is 0.283. The van der Waals surface area contributed by atoms with Crippen LogP contribution in [-0.4, -0.2) is 51.3 Å². The summed E-state index contributed by atoms with van der Waals surface area (Å²) in [4.78, 5) is 49.7. The molecule has 0 aromatic heterocycles. The molecule has 37 heavy (non-hydrogen) atoms. The third-order valence-corrected chi connectivity index (χ3v) is 7.30. The van der Waals surface area contributed by atoms with Gasteiger partial charge in [-0.15, -0.1) is 0 Å². The Labute approximate surface area is 215 Å². The molecule has 2 fully saturated rings. The Morgan fingerprint density at radius 1 is 1.19 bits per heavy atom. The number of nitro benzene ring substituents is 1. The number of benzene rings is 2. The molecule has 0 spiro atoms. The van der Waals surface area contributed by atoms with E-state index in [-0.39, 0.29) is 29.7 Å². The minimum absolute atomic E-state index is 0.113. The summed E-state index contributed by atoms with van der Waals surface area (Å²) in [5, 5.41) is 20.4. The number of aliphatic hydroxyl groups is 1. The number of carbonyl (C=O) groups excluding carboxylic acids is 3. The van der Waals surface area contributed by atoms with Crippen molar-refractivity contribution in [1.29, 1.82) is 0 Å². The summed E-state index contributed by atoms with van der Waals surface area (Å²) in [5.41, 5.74) is -0.948. The average Bonchev–Trinajstić information content (AvgIpc) is 2.91. The van der Waals surface area contributed by atoms with Crippen molar-refractivity contribution in [2.45, 2.75) is 18.9 Å². The van der Waals surface area contributed by atoms with E-state index in [1.165, 1.54) is 42.4 Å². The molecular weight excluding hydrogens is 504 g/mol. The molecule has 2 heterocycles. The van der Waals surface area contributed by atoms with E-state index in [4.69, 9.17) is 14.2 Å². The molecule has 0 radical (unpaired) electrons. The molecule has 1 unspecified atom stereocenters. The number of ether oxygens (including phenoxy) is 3. The first kappa shape index (κ1) is 25.8. The normalized spacial score (nSPS) is 22.7. The second kappa shape index (κ2) is 10.7. The summed E-state index contributed by atoms with van der Waals surface area (Å²) in [7, 11) is 0. The molecule has 2 aliphatic heterocycles. The van der Waals surface area contributed by atoms with Gasteiger partial charge < -0.3 is 24.2 Å². The number of nitrogens with zero attached hydrogens (tertiary/aromatic N) is 2. The van der Waals surface area contributed by atoms with Crippen molar-refractivity contribution in [3.63, 3.8) is 0 Å². The number of fused-ring (bicyclic) bond motifs is 1. The molecule has 12 heteroatoms. The molecule has 1 amide bonds. The van der Waals surface area contributed by atoms with Crippen LogP contribution in [0.15, 0.2) is 77.6 Å². The van der Waals surface area contributed by atoms with E-state index in [2.05, 4.69) is 0 Å². The van der Waals surface area contributed by atoms with E-state index >= 15 is 0 Å². The lowest BCUT2D eigenvalue weighted by atomic mass is 9.85. The van der Waals surface area contributed by atoms with Gasteiger partial charge in [-0.1, -0.05) is 30.0 Å². The fourth-order valence-electron chi connectivity index (χ4n) is 3.82. The molecule has 0 aliphatic carbocycles. The number of aliphatic hydroxyl groups excluding tert-OH is 1. The minimum atomic E-state index is -1.66. The lowest BCUT2D eigenvalue weighted by Crippen LogP contribution is -2.63. The maximum absolute atomic E-state index is 13.4. The van der Waals surface area contributed by atoms with Gasteiger partial charge in [-0.25, -0.2) is 0 Å². The number of carbonyl (C=O) groups is 3. The molecule has 4 rings (SSSR count). The Hall–Kier alpha value is -4.32. The molecule has 0 saturated carbocycles. The Balaban J connectivity index is 1.53. The average molecular weight is 527 g/mol. The highest BCUT2D eigenvalue weighted by Gasteiger charge is 2.59. The van der Waals surface area contributed by atoms with Crippen LogP contribution >= 0.6 is 11.8 Å². The number of amides is 1. The zero-order valence-corrected chi connectivity index (χ0v) is 20.4. The quantitative estimate of drug-likeness (QED) is 0.135. The summed E-state index contributed by atoms with van der Waals surface area (Å²) < 4.78 is 16.2. The first-order chi connectivity index (χ1) is 17.7. The lowest BCUT2D eigenvalue weighted by molar-refractivity contribution is -0.384. The number of nitro groups is 1. The fourth-order valence-corrected chi connectivity index (χ4v) is 5.14. The number of non-ortho nitro benzene ring substituents is 1. The number of hydrogen-bond acceptors (Lipinski definition) is 10. The van der Waals surface area contributed by atoms with Gasteiger partial charge in [0.1, 0.15) is 30.6 Å². The first-order valence-electron chi connectivity index (χ1n) is 11.0. The van der Waals surface area contributed by atoms with Crippen LogP contribution < -0.4 is 4.74 Å². The van der Waals surface area contributed by atoms with Gasteiger partial charge in [0.25, 0.3) is 11.6 Å². The predicted molar refractivity (Wildman–Crippen MR) is 131 cm³/mol. The SMILES string of the molecule is CC(=O)OCC1(C(=O)OCc2ccc([N+](=O)[O-])cc2)CN2C(=O)C(=COc3ccccc3)[C@H]2SC1=CO. The first-order valence-corrected chi connectivity index (χ1v) is 11.9. The number of esters is 2. The van der Waals surface area contributed by atoms with E-state index in [9.17, 15) is 29.6 Å². The Bertz CT molecular complexity index is 1280. The van der Waals surface area contributed by atoms with Crippen molar-refractivity contribution in [3.05, 3.63) is 93.3 Å². The summed E-state index contributed by atoms with van der Waals surface area (Å²) >= 11 is 1.04. The van der Waals surface area contributed by atoms with Gasteiger partial charge in [-0.05, 0) is 29.8 Å². The van der Waals surface area contributed by atoms with Crippen LogP contribution in [0, 0.1) is 15.5 Å². The number of hydrogen-bond donors (Lipinski definition) is 1. The van der Waals surface area contributed by atoms with Gasteiger partial charge in [0.2, 0.25) is 0 Å². The van der Waals surface area contributed by atoms with E-state index < -0.39 is 34.3 Å². The van der Waals surface area contributed by atoms with Crippen LogP contribution in [0.3, 0.4) is 0 Å². The highest BCUT2D eigenvalue weighted by Crippen LogP contribution is 2.52. The zero-order valence-electron chi connectivity index (χ0n) is 19.6. The standard InChI is InChI=1S/C25H22N2O9S/c1-16(29)36-15-25(24(31)35-12-17-7-9-18(10-8-17)27(32)33)14-26-22(30)20(23(26)37-21(25)11-28)13-34-19-5-3-2-4-6-19/h2-11,13,23,28H,12,14-15H2,1H3/t23-,25?/m1/s1. The van der Waals surface area contributed by atoms with Crippen LogP contribution in [0.5, 0.6) is 5.75 Å². The highest BCUT2D eigenvalue weighted by atomic mass is 32.2. The lowest BCUT2D eigenvalue weighted by Gasteiger charge is -2.51. The number of para-hydroxylation sites is 1. The van der Waals surface area contributed by atoms with Crippen molar-refractivity contribution < 1.29 is 38.6 Å². The van der Waals surface area contributed by atoms with Gasteiger partial charge in [0.05, 0.1) is 16.8 Å². The molecule has 2 saturated heterocycles. The van der Waals surface area contributed by atoms with Crippen molar-refractivity contribution in [3.8, 4) is 5.75 Å². The van der Waals surface area contributed by atoms with Gasteiger partial charge in [0.15, 0.2) is 5.41 Å². The molecule has 2 aliphatic rings. The number of β-lactam (4-membered cyclic amide) rings is 1. The van der Waals surface area contributed by atoms with Crippen LogP contribution in [0.1, 0.15) is 12.5 Å². The monoisotopic (exact) mass is 526 g/mol. The molecule has 2 aromatic carbocycles. The largest absolute Gasteiger partial charge is 0.515 e. The molecule has 11 nitrogen and oxygen atoms in total. The van der Waals surface area contributed by atoms with Gasteiger partial charge >= 0.3 is 11.9 Å². The number of thioether (sulfide) groups is 1. The molecule has 2 aromatic rings. The van der Waals surface area contributed by atoms with Gasteiger partial charge in [-0.3, -0.25) is 24.5 Å². The van der Waals surface area contributed by atoms with Crippen LogP contribution in [0.2, 0.25) is 0 Å². The molecule has 1 N–H and O–H groups in total. The second-order valence-corrected chi connectivity index (χ2v) is 9.38. The Morgan fingerprint density at radius 2 is 1.89 bits per heavy atom. The maximum atomic E-state index is 13.4. The topological polar surface area (TPSA) is 146 Å². The summed E-state index contributed by atoms with van der Waals surface area (Å²) in [6.07, 6.45) is 2.09. The van der Waals surface area contributed by atoms with Crippen molar-refractivity contribution in [2.75, 3.05) is 13.2 Å². The Morgan fingerprint density at radius 3 is 2.51 bits per heavy atom. The molecule has 192 valence electrons. The van der Waals surface area contributed by atoms with Gasteiger partial charge in [0, 0.05) is 30.5 Å². The smallest absolute Gasteiger partial charge is 0.322 e. The number of rotatable bonds is 8. The fraction of sp³-hybridized carbons (Fsp3) is 0.240. The summed E-state index contributed by atoms with van der Waals surface area (Å²) in [5.74, 6) is -1.32. The van der Waals surface area contributed by atoms with Crippen molar-refractivity contribution in [1.82, 2.24) is 4.90 Å². The molecule has 0 bridgehead atoms.